The van der Waals surface area contributed by atoms with E-state index in [4.69, 9.17) is 9.72 Å². The molecule has 10 nitrogen and oxygen atoms in total. The SMILES string of the molecule is Cc1cc2cc(Oc3nc(Nc4cc(-c5ccccn5)[nH]n4)cc(N4CCN(C)CC4)n3)ccc2[nH]1. The third kappa shape index (κ3) is 4.71. The first kappa shape index (κ1) is 22.1. The summed E-state index contributed by atoms with van der Waals surface area (Å²) < 4.78 is 6.15. The van der Waals surface area contributed by atoms with E-state index in [1.54, 1.807) is 6.20 Å². The zero-order chi connectivity index (χ0) is 24.5. The van der Waals surface area contributed by atoms with Gasteiger partial charge in [-0.1, -0.05) is 6.07 Å². The Morgan fingerprint density at radius 1 is 0.944 bits per heavy atom. The molecule has 10 heteroatoms. The highest BCUT2D eigenvalue weighted by atomic mass is 16.5. The van der Waals surface area contributed by atoms with Crippen LogP contribution in [0.4, 0.5) is 17.5 Å². The second-order valence-corrected chi connectivity index (χ2v) is 8.99. The van der Waals surface area contributed by atoms with Crippen molar-refractivity contribution in [3.63, 3.8) is 0 Å². The number of anilines is 3. The Balaban J connectivity index is 1.30. The maximum atomic E-state index is 6.15. The second-order valence-electron chi connectivity index (χ2n) is 8.99. The van der Waals surface area contributed by atoms with Crippen molar-refractivity contribution in [3.05, 3.63) is 66.5 Å². The van der Waals surface area contributed by atoms with Gasteiger partial charge in [-0.25, -0.2) is 0 Å². The van der Waals surface area contributed by atoms with Gasteiger partial charge in [-0.3, -0.25) is 10.1 Å². The van der Waals surface area contributed by atoms with E-state index < -0.39 is 0 Å². The number of aryl methyl sites for hydroxylation is 1. The first-order chi connectivity index (χ1) is 17.6. The number of rotatable bonds is 6. The summed E-state index contributed by atoms with van der Waals surface area (Å²) in [7, 11) is 2.13. The Morgan fingerprint density at radius 3 is 2.67 bits per heavy atom. The molecule has 0 spiro atoms. The molecule has 0 saturated carbocycles. The van der Waals surface area contributed by atoms with Crippen molar-refractivity contribution in [2.24, 2.45) is 0 Å². The van der Waals surface area contributed by atoms with Gasteiger partial charge in [-0.2, -0.15) is 15.1 Å². The molecule has 36 heavy (non-hydrogen) atoms. The number of aromatic nitrogens is 6. The molecule has 6 rings (SSSR count). The van der Waals surface area contributed by atoms with Gasteiger partial charge in [-0.15, -0.1) is 0 Å². The third-order valence-electron chi connectivity index (χ3n) is 6.23. The Kier molecular flexibility index (Phi) is 5.70. The fraction of sp³-hybridized carbons (Fsp3) is 0.231. The topological polar surface area (TPSA) is 111 Å². The number of hydrogen-bond donors (Lipinski definition) is 3. The number of fused-ring (bicyclic) bond motifs is 1. The van der Waals surface area contributed by atoms with E-state index in [9.17, 15) is 0 Å². The quantitative estimate of drug-likeness (QED) is 0.329. The Bertz CT molecular complexity index is 1490. The molecule has 0 bridgehead atoms. The number of pyridine rings is 1. The lowest BCUT2D eigenvalue weighted by Crippen LogP contribution is -2.44. The predicted molar refractivity (Wildman–Crippen MR) is 140 cm³/mol. The van der Waals surface area contributed by atoms with Crippen molar-refractivity contribution < 1.29 is 4.74 Å². The molecule has 5 heterocycles. The first-order valence-electron chi connectivity index (χ1n) is 11.9. The molecule has 0 aliphatic carbocycles. The molecule has 1 aliphatic heterocycles. The summed E-state index contributed by atoms with van der Waals surface area (Å²) in [6.45, 7) is 5.74. The number of hydrogen-bond acceptors (Lipinski definition) is 8. The van der Waals surface area contributed by atoms with Gasteiger partial charge in [0.2, 0.25) is 0 Å². The Labute approximate surface area is 208 Å². The van der Waals surface area contributed by atoms with Gasteiger partial charge in [0, 0.05) is 61.1 Å². The van der Waals surface area contributed by atoms with Crippen LogP contribution in [0.25, 0.3) is 22.3 Å². The number of aromatic amines is 2. The van der Waals surface area contributed by atoms with E-state index >= 15 is 0 Å². The smallest absolute Gasteiger partial charge is 0.325 e. The highest BCUT2D eigenvalue weighted by Crippen LogP contribution is 2.29. The number of nitrogens with zero attached hydrogens (tertiary/aromatic N) is 6. The summed E-state index contributed by atoms with van der Waals surface area (Å²) in [4.78, 5) is 21.7. The molecule has 0 unspecified atom stereocenters. The summed E-state index contributed by atoms with van der Waals surface area (Å²) in [5.74, 6) is 2.73. The summed E-state index contributed by atoms with van der Waals surface area (Å²) in [6.07, 6.45) is 1.76. The minimum atomic E-state index is 0.279. The van der Waals surface area contributed by atoms with Crippen LogP contribution in [0.1, 0.15) is 5.69 Å². The van der Waals surface area contributed by atoms with Crippen LogP contribution in [-0.4, -0.2) is 68.3 Å². The minimum Gasteiger partial charge on any atom is -0.424 e. The first-order valence-corrected chi connectivity index (χ1v) is 11.9. The molecule has 1 saturated heterocycles. The molecule has 1 aromatic carbocycles. The van der Waals surface area contributed by atoms with Crippen LogP contribution >= 0.6 is 0 Å². The van der Waals surface area contributed by atoms with E-state index in [2.05, 4.69) is 53.4 Å². The molecule has 0 radical (unpaired) electrons. The maximum absolute atomic E-state index is 6.15. The lowest BCUT2D eigenvalue weighted by Gasteiger charge is -2.33. The van der Waals surface area contributed by atoms with Crippen molar-refractivity contribution in [2.75, 3.05) is 43.4 Å². The largest absolute Gasteiger partial charge is 0.424 e. The van der Waals surface area contributed by atoms with Crippen LogP contribution < -0.4 is 15.0 Å². The lowest BCUT2D eigenvalue weighted by molar-refractivity contribution is 0.311. The van der Waals surface area contributed by atoms with E-state index in [1.807, 2.05) is 55.5 Å². The van der Waals surface area contributed by atoms with Gasteiger partial charge in [0.05, 0.1) is 11.4 Å². The number of nitrogens with one attached hydrogen (secondary N) is 3. The predicted octanol–water partition coefficient (Wildman–Crippen LogP) is 4.34. The zero-order valence-corrected chi connectivity index (χ0v) is 20.2. The van der Waals surface area contributed by atoms with Gasteiger partial charge >= 0.3 is 6.01 Å². The maximum Gasteiger partial charge on any atom is 0.325 e. The van der Waals surface area contributed by atoms with Crippen LogP contribution in [-0.2, 0) is 0 Å². The standard InChI is InChI=1S/C26H27N9O/c1-17-13-18-14-19(6-7-20(18)28-17)36-26-30-23(16-25(31-26)35-11-9-34(2)10-12-35)29-24-15-22(32-33-24)21-5-3-4-8-27-21/h3-8,13-16,28H,9-12H2,1-2H3,(H2,29,30,31,32,33). The fourth-order valence-electron chi connectivity index (χ4n) is 4.32. The van der Waals surface area contributed by atoms with E-state index in [0.29, 0.717) is 17.4 Å². The van der Waals surface area contributed by atoms with Crippen molar-refractivity contribution in [3.8, 4) is 23.1 Å². The lowest BCUT2D eigenvalue weighted by atomic mass is 10.2. The molecular formula is C26H27N9O. The zero-order valence-electron chi connectivity index (χ0n) is 20.2. The van der Waals surface area contributed by atoms with Gasteiger partial charge in [-0.05, 0) is 50.4 Å². The summed E-state index contributed by atoms with van der Waals surface area (Å²) in [5, 5.41) is 11.8. The molecule has 3 N–H and O–H groups in total. The normalized spacial score (nSPS) is 14.3. The average Bonchev–Trinajstić information content (AvgIpc) is 3.50. The van der Waals surface area contributed by atoms with Crippen molar-refractivity contribution in [1.82, 2.24) is 35.0 Å². The van der Waals surface area contributed by atoms with Crippen LogP contribution in [0, 0.1) is 6.92 Å². The summed E-state index contributed by atoms with van der Waals surface area (Å²) in [6, 6.07) is 17.9. The molecule has 1 fully saturated rings. The molecule has 0 amide bonds. The number of ether oxygens (including phenoxy) is 1. The number of piperazine rings is 1. The van der Waals surface area contributed by atoms with Crippen LogP contribution in [0.15, 0.2) is 60.8 Å². The number of benzene rings is 1. The monoisotopic (exact) mass is 481 g/mol. The van der Waals surface area contributed by atoms with Crippen molar-refractivity contribution in [1.29, 1.82) is 0 Å². The molecule has 182 valence electrons. The van der Waals surface area contributed by atoms with Gasteiger partial charge in [0.1, 0.15) is 17.4 Å². The fourth-order valence-corrected chi connectivity index (χ4v) is 4.32. The Hall–Kier alpha value is -4.44. The molecule has 0 atom stereocenters. The number of H-pyrrole nitrogens is 2. The van der Waals surface area contributed by atoms with E-state index in [0.717, 1.165) is 60.0 Å². The Morgan fingerprint density at radius 2 is 1.83 bits per heavy atom. The van der Waals surface area contributed by atoms with E-state index in [1.165, 1.54) is 0 Å². The van der Waals surface area contributed by atoms with Crippen molar-refractivity contribution >= 4 is 28.4 Å². The number of likely N-dealkylation sites (N-methyl/N-ethyl adjacent to an activating group) is 1. The highest BCUT2D eigenvalue weighted by molar-refractivity contribution is 5.82. The van der Waals surface area contributed by atoms with Crippen LogP contribution in [0.3, 0.4) is 0 Å². The van der Waals surface area contributed by atoms with Gasteiger partial charge in [0.15, 0.2) is 5.82 Å². The van der Waals surface area contributed by atoms with Crippen LogP contribution in [0.2, 0.25) is 0 Å². The third-order valence-corrected chi connectivity index (χ3v) is 6.23. The van der Waals surface area contributed by atoms with Gasteiger partial charge in [0.25, 0.3) is 0 Å². The minimum absolute atomic E-state index is 0.279. The summed E-state index contributed by atoms with van der Waals surface area (Å²) in [5.41, 5.74) is 3.80. The van der Waals surface area contributed by atoms with E-state index in [-0.39, 0.29) is 6.01 Å². The van der Waals surface area contributed by atoms with Gasteiger partial charge < -0.3 is 24.8 Å². The van der Waals surface area contributed by atoms with Crippen molar-refractivity contribution in [2.45, 2.75) is 6.92 Å². The highest BCUT2D eigenvalue weighted by Gasteiger charge is 2.18. The molecule has 5 aromatic rings. The molecule has 4 aromatic heterocycles. The van der Waals surface area contributed by atoms with Crippen LogP contribution in [0.5, 0.6) is 11.8 Å². The average molecular weight is 482 g/mol. The molecule has 1 aliphatic rings. The molecular weight excluding hydrogens is 454 g/mol. The summed E-state index contributed by atoms with van der Waals surface area (Å²) >= 11 is 0. The second kappa shape index (κ2) is 9.31.